The molecular weight excluding hydrogens is 435 g/mol. The van der Waals surface area contributed by atoms with Crippen molar-refractivity contribution in [1.29, 1.82) is 0 Å². The molecule has 0 bridgehead atoms. The standard InChI is InChI=1S/C24H28ClFN2O2S/c1-17(24(30)27-22-4-2-3-5-22)28(14-18-6-10-20(25)11-7-18)23(29)16-31-15-19-8-12-21(26)13-9-19/h6-13,17,22H,2-5,14-16H2,1H3,(H,27,30)/t17-/m0/s1. The third kappa shape index (κ3) is 7.25. The van der Waals surface area contributed by atoms with Crippen molar-refractivity contribution in [1.82, 2.24) is 10.2 Å². The second-order valence-corrected chi connectivity index (χ2v) is 9.36. The first-order valence-electron chi connectivity index (χ1n) is 10.6. The topological polar surface area (TPSA) is 49.4 Å². The van der Waals surface area contributed by atoms with Crippen molar-refractivity contribution >= 4 is 35.2 Å². The molecule has 1 aliphatic carbocycles. The SMILES string of the molecule is C[C@@H](C(=O)NC1CCCC1)N(Cc1ccc(Cl)cc1)C(=O)CSCc1ccc(F)cc1. The Bertz CT molecular complexity index is 870. The van der Waals surface area contributed by atoms with Crippen LogP contribution in [-0.2, 0) is 21.9 Å². The van der Waals surface area contributed by atoms with E-state index in [1.165, 1.54) is 23.9 Å². The molecule has 0 heterocycles. The van der Waals surface area contributed by atoms with Crippen LogP contribution in [-0.4, -0.2) is 34.6 Å². The lowest BCUT2D eigenvalue weighted by molar-refractivity contribution is -0.138. The Kier molecular flexibility index (Phi) is 8.79. The van der Waals surface area contributed by atoms with Crippen molar-refractivity contribution in [3.8, 4) is 0 Å². The highest BCUT2D eigenvalue weighted by atomic mass is 35.5. The van der Waals surface area contributed by atoms with E-state index in [1.54, 1.807) is 36.1 Å². The molecule has 7 heteroatoms. The lowest BCUT2D eigenvalue weighted by Crippen LogP contribution is -2.50. The van der Waals surface area contributed by atoms with Crippen molar-refractivity contribution in [3.05, 3.63) is 70.5 Å². The first-order chi connectivity index (χ1) is 14.9. The number of rotatable bonds is 9. The molecule has 0 unspecified atom stereocenters. The number of hydrogen-bond acceptors (Lipinski definition) is 3. The number of carbonyl (C=O) groups is 2. The van der Waals surface area contributed by atoms with E-state index in [0.29, 0.717) is 17.3 Å². The molecule has 2 aromatic carbocycles. The molecular formula is C24H28ClFN2O2S. The molecule has 0 radical (unpaired) electrons. The van der Waals surface area contributed by atoms with Crippen LogP contribution in [0.5, 0.6) is 0 Å². The number of halogens is 2. The van der Waals surface area contributed by atoms with E-state index in [2.05, 4.69) is 5.32 Å². The Hall–Kier alpha value is -2.05. The van der Waals surface area contributed by atoms with Crippen molar-refractivity contribution in [3.63, 3.8) is 0 Å². The fourth-order valence-corrected chi connectivity index (χ4v) is 4.68. The lowest BCUT2D eigenvalue weighted by Gasteiger charge is -2.29. The minimum atomic E-state index is -0.574. The zero-order chi connectivity index (χ0) is 22.2. The summed E-state index contributed by atoms with van der Waals surface area (Å²) in [6, 6.07) is 13.2. The van der Waals surface area contributed by atoms with Gasteiger partial charge in [-0.3, -0.25) is 9.59 Å². The van der Waals surface area contributed by atoms with E-state index in [0.717, 1.165) is 36.8 Å². The van der Waals surface area contributed by atoms with Crippen LogP contribution < -0.4 is 5.32 Å². The van der Waals surface area contributed by atoms with Crippen LogP contribution in [0.3, 0.4) is 0 Å². The summed E-state index contributed by atoms with van der Waals surface area (Å²) in [7, 11) is 0. The van der Waals surface area contributed by atoms with Crippen LogP contribution in [0.4, 0.5) is 4.39 Å². The predicted octanol–water partition coefficient (Wildman–Crippen LogP) is 5.19. The van der Waals surface area contributed by atoms with Gasteiger partial charge in [-0.1, -0.05) is 48.7 Å². The van der Waals surface area contributed by atoms with Gasteiger partial charge in [0.05, 0.1) is 5.75 Å². The third-order valence-corrected chi connectivity index (χ3v) is 6.78. The van der Waals surface area contributed by atoms with E-state index < -0.39 is 6.04 Å². The monoisotopic (exact) mass is 462 g/mol. The Morgan fingerprint density at radius 3 is 2.35 bits per heavy atom. The molecule has 2 aromatic rings. The average molecular weight is 463 g/mol. The highest BCUT2D eigenvalue weighted by Gasteiger charge is 2.28. The number of benzene rings is 2. The Labute approximate surface area is 192 Å². The predicted molar refractivity (Wildman–Crippen MR) is 124 cm³/mol. The highest BCUT2D eigenvalue weighted by molar-refractivity contribution is 7.99. The highest BCUT2D eigenvalue weighted by Crippen LogP contribution is 2.20. The molecule has 2 amide bonds. The number of nitrogens with one attached hydrogen (secondary N) is 1. The first kappa shape index (κ1) is 23.6. The van der Waals surface area contributed by atoms with Gasteiger partial charge in [0.15, 0.2) is 0 Å². The molecule has 1 N–H and O–H groups in total. The van der Waals surface area contributed by atoms with Gasteiger partial charge in [0, 0.05) is 23.4 Å². The Balaban J connectivity index is 1.64. The van der Waals surface area contributed by atoms with Gasteiger partial charge in [0.1, 0.15) is 11.9 Å². The minimum absolute atomic E-state index is 0.101. The molecule has 1 fully saturated rings. The maximum Gasteiger partial charge on any atom is 0.242 e. The van der Waals surface area contributed by atoms with Gasteiger partial charge in [0.25, 0.3) is 0 Å². The number of nitrogens with zero attached hydrogens (tertiary/aromatic N) is 1. The second kappa shape index (κ2) is 11.5. The molecule has 31 heavy (non-hydrogen) atoms. The van der Waals surface area contributed by atoms with Gasteiger partial charge >= 0.3 is 0 Å². The van der Waals surface area contributed by atoms with Crippen molar-refractivity contribution in [2.24, 2.45) is 0 Å². The summed E-state index contributed by atoms with van der Waals surface area (Å²) < 4.78 is 13.1. The number of thioether (sulfide) groups is 1. The van der Waals surface area contributed by atoms with E-state index in [1.807, 2.05) is 12.1 Å². The fourth-order valence-electron chi connectivity index (χ4n) is 3.68. The van der Waals surface area contributed by atoms with Crippen LogP contribution in [0.2, 0.25) is 5.02 Å². The van der Waals surface area contributed by atoms with Gasteiger partial charge in [-0.2, -0.15) is 0 Å². The fraction of sp³-hybridized carbons (Fsp3) is 0.417. The second-order valence-electron chi connectivity index (χ2n) is 7.93. The molecule has 1 atom stereocenters. The van der Waals surface area contributed by atoms with E-state index in [-0.39, 0.29) is 29.4 Å². The molecule has 0 saturated heterocycles. The molecule has 0 aliphatic heterocycles. The molecule has 166 valence electrons. The summed E-state index contributed by atoms with van der Waals surface area (Å²) in [6.45, 7) is 2.12. The summed E-state index contributed by atoms with van der Waals surface area (Å²) in [5.74, 6) is 0.352. The number of amides is 2. The molecule has 0 spiro atoms. The molecule has 1 saturated carbocycles. The zero-order valence-corrected chi connectivity index (χ0v) is 19.2. The summed E-state index contributed by atoms with van der Waals surface area (Å²) in [4.78, 5) is 27.6. The van der Waals surface area contributed by atoms with E-state index in [9.17, 15) is 14.0 Å². The number of hydrogen-bond donors (Lipinski definition) is 1. The first-order valence-corrected chi connectivity index (χ1v) is 12.1. The van der Waals surface area contributed by atoms with Crippen LogP contribution in [0.1, 0.15) is 43.7 Å². The average Bonchev–Trinajstić information content (AvgIpc) is 3.27. The van der Waals surface area contributed by atoms with Gasteiger partial charge < -0.3 is 10.2 Å². The number of carbonyl (C=O) groups excluding carboxylic acids is 2. The van der Waals surface area contributed by atoms with Gasteiger partial charge in [0.2, 0.25) is 11.8 Å². The summed E-state index contributed by atoms with van der Waals surface area (Å²) in [5.41, 5.74) is 1.87. The van der Waals surface area contributed by atoms with Gasteiger partial charge in [-0.25, -0.2) is 4.39 Å². The van der Waals surface area contributed by atoms with Crippen molar-refractivity contribution < 1.29 is 14.0 Å². The van der Waals surface area contributed by atoms with E-state index >= 15 is 0 Å². The molecule has 3 rings (SSSR count). The molecule has 0 aromatic heterocycles. The van der Waals surface area contributed by atoms with Gasteiger partial charge in [-0.05, 0) is 55.2 Å². The van der Waals surface area contributed by atoms with Crippen molar-refractivity contribution in [2.45, 2.75) is 57.0 Å². The third-order valence-electron chi connectivity index (χ3n) is 5.54. The normalized spacial score (nSPS) is 14.9. The smallest absolute Gasteiger partial charge is 0.242 e. The Morgan fingerprint density at radius 2 is 1.71 bits per heavy atom. The van der Waals surface area contributed by atoms with Crippen LogP contribution in [0.15, 0.2) is 48.5 Å². The van der Waals surface area contributed by atoms with Crippen LogP contribution in [0, 0.1) is 5.82 Å². The van der Waals surface area contributed by atoms with Crippen molar-refractivity contribution in [2.75, 3.05) is 5.75 Å². The van der Waals surface area contributed by atoms with Crippen LogP contribution >= 0.6 is 23.4 Å². The molecule has 1 aliphatic rings. The summed E-state index contributed by atoms with van der Waals surface area (Å²) >= 11 is 7.44. The largest absolute Gasteiger partial charge is 0.352 e. The van der Waals surface area contributed by atoms with Gasteiger partial charge in [-0.15, -0.1) is 11.8 Å². The quantitative estimate of drug-likeness (QED) is 0.558. The Morgan fingerprint density at radius 1 is 1.10 bits per heavy atom. The lowest BCUT2D eigenvalue weighted by atomic mass is 10.1. The van der Waals surface area contributed by atoms with E-state index in [4.69, 9.17) is 11.6 Å². The maximum absolute atomic E-state index is 13.1. The zero-order valence-electron chi connectivity index (χ0n) is 17.7. The molecule has 4 nitrogen and oxygen atoms in total. The van der Waals surface area contributed by atoms with Crippen LogP contribution in [0.25, 0.3) is 0 Å². The minimum Gasteiger partial charge on any atom is -0.352 e. The summed E-state index contributed by atoms with van der Waals surface area (Å²) in [5, 5.41) is 3.73. The summed E-state index contributed by atoms with van der Waals surface area (Å²) in [6.07, 6.45) is 4.26. The maximum atomic E-state index is 13.1.